The highest BCUT2D eigenvalue weighted by Gasteiger charge is 2.29. The average Bonchev–Trinajstić information content (AvgIpc) is 3.02. The highest BCUT2D eigenvalue weighted by atomic mass is 16.6. The molecule has 8 nitrogen and oxygen atoms in total. The Bertz CT molecular complexity index is 1260. The number of anilines is 1. The number of benzene rings is 3. The molecule has 0 N–H and O–H groups in total. The molecule has 0 saturated carbocycles. The summed E-state index contributed by atoms with van der Waals surface area (Å²) in [5, 5.41) is 30.9. The number of nitro groups is 1. The molecule has 0 unspecified atom stereocenters. The second-order valence-corrected chi connectivity index (χ2v) is 6.72. The largest absolute Gasteiger partial charge is 0.865 e. The Morgan fingerprint density at radius 2 is 1.83 bits per heavy atom. The highest BCUT2D eigenvalue weighted by molar-refractivity contribution is 6.32. The van der Waals surface area contributed by atoms with Gasteiger partial charge in [-0.05, 0) is 47.5 Å². The van der Waals surface area contributed by atoms with Crippen LogP contribution in [0.3, 0.4) is 0 Å². The number of fused-ring (bicyclic) bond motifs is 1. The summed E-state index contributed by atoms with van der Waals surface area (Å²) in [7, 11) is 1.26. The van der Waals surface area contributed by atoms with Crippen molar-refractivity contribution in [3.05, 3.63) is 75.8 Å². The van der Waals surface area contributed by atoms with E-state index in [1.165, 1.54) is 24.3 Å². The van der Waals surface area contributed by atoms with Crippen LogP contribution in [0.15, 0.2) is 65.3 Å². The molecule has 1 amide bonds. The average molecular weight is 402 g/mol. The van der Waals surface area contributed by atoms with Crippen LogP contribution in [0, 0.1) is 10.1 Å². The van der Waals surface area contributed by atoms with Crippen LogP contribution in [0.1, 0.15) is 12.5 Å². The number of hydrogen-bond acceptors (Lipinski definition) is 6. The van der Waals surface area contributed by atoms with Crippen molar-refractivity contribution >= 4 is 39.8 Å². The Labute approximate surface area is 171 Å². The molecule has 150 valence electrons. The van der Waals surface area contributed by atoms with Crippen LogP contribution in [-0.4, -0.2) is 23.7 Å². The maximum absolute atomic E-state index is 13.0. The molecule has 3 aromatic rings. The molecule has 0 radical (unpaired) electrons. The van der Waals surface area contributed by atoms with Crippen LogP contribution in [-0.2, 0) is 4.79 Å². The summed E-state index contributed by atoms with van der Waals surface area (Å²) in [5.74, 6) is -1.34. The Kier molecular flexibility index (Phi) is 4.67. The Morgan fingerprint density at radius 1 is 1.10 bits per heavy atom. The van der Waals surface area contributed by atoms with E-state index in [1.807, 2.05) is 36.4 Å². The molecule has 0 atom stereocenters. The lowest BCUT2D eigenvalue weighted by molar-refractivity contribution is -0.398. The summed E-state index contributed by atoms with van der Waals surface area (Å²) in [4.78, 5) is 23.4. The predicted molar refractivity (Wildman–Crippen MR) is 112 cm³/mol. The van der Waals surface area contributed by atoms with E-state index < -0.39 is 16.4 Å². The quantitative estimate of drug-likeness (QED) is 0.376. The normalized spacial score (nSPS) is 15.0. The molecule has 30 heavy (non-hydrogen) atoms. The zero-order valence-electron chi connectivity index (χ0n) is 16.2. The summed E-state index contributed by atoms with van der Waals surface area (Å²) >= 11 is 0. The number of hydrogen-bond donors (Lipinski definition) is 0. The first-order chi connectivity index (χ1) is 14.4. The molecule has 0 spiro atoms. The molecule has 0 fully saturated rings. The minimum atomic E-state index is -0.814. The van der Waals surface area contributed by atoms with E-state index in [2.05, 4.69) is 5.10 Å². The van der Waals surface area contributed by atoms with Crippen LogP contribution in [0.5, 0.6) is 11.5 Å². The van der Waals surface area contributed by atoms with Gasteiger partial charge >= 0.3 is 0 Å². The van der Waals surface area contributed by atoms with Crippen molar-refractivity contribution in [2.75, 3.05) is 12.1 Å². The minimum absolute atomic E-state index is 0.164. The number of rotatable bonds is 4. The second-order valence-electron chi connectivity index (χ2n) is 6.72. The van der Waals surface area contributed by atoms with Crippen molar-refractivity contribution < 1.29 is 19.6 Å². The molecule has 4 rings (SSSR count). The third-order valence-corrected chi connectivity index (χ3v) is 4.83. The zero-order valence-corrected chi connectivity index (χ0v) is 16.2. The van der Waals surface area contributed by atoms with E-state index in [0.29, 0.717) is 17.0 Å². The topological polar surface area (TPSA) is 108 Å². The molecule has 1 aliphatic rings. The molecule has 0 bridgehead atoms. The fourth-order valence-electron chi connectivity index (χ4n) is 3.31. The third kappa shape index (κ3) is 3.24. The van der Waals surface area contributed by atoms with Gasteiger partial charge in [0.25, 0.3) is 11.6 Å². The lowest BCUT2D eigenvalue weighted by Gasteiger charge is -2.14. The maximum atomic E-state index is 13.0. The van der Waals surface area contributed by atoms with Crippen LogP contribution in [0.25, 0.3) is 16.8 Å². The van der Waals surface area contributed by atoms with Gasteiger partial charge in [-0.2, -0.15) is 10.1 Å². The van der Waals surface area contributed by atoms with E-state index >= 15 is 0 Å². The van der Waals surface area contributed by atoms with Crippen LogP contribution < -0.4 is 14.9 Å². The number of ether oxygens (including phenoxy) is 1. The number of methoxy groups -OCH3 is 1. The number of nitro benzene ring substituents is 1. The monoisotopic (exact) mass is 402 g/mol. The van der Waals surface area contributed by atoms with Crippen LogP contribution in [0.2, 0.25) is 0 Å². The van der Waals surface area contributed by atoms with Gasteiger partial charge in [0.15, 0.2) is 0 Å². The lowest BCUT2D eigenvalue weighted by atomic mass is 10.1. The van der Waals surface area contributed by atoms with E-state index in [4.69, 9.17) is 4.74 Å². The summed E-state index contributed by atoms with van der Waals surface area (Å²) < 4.78 is 4.95. The summed E-state index contributed by atoms with van der Waals surface area (Å²) in [6, 6.07) is 15.8. The van der Waals surface area contributed by atoms with E-state index in [-0.39, 0.29) is 17.2 Å². The smallest absolute Gasteiger partial charge is 0.280 e. The van der Waals surface area contributed by atoms with Crippen molar-refractivity contribution in [3.63, 3.8) is 0 Å². The van der Waals surface area contributed by atoms with Gasteiger partial charge < -0.3 is 9.84 Å². The van der Waals surface area contributed by atoms with Gasteiger partial charge in [0.05, 0.1) is 29.0 Å². The van der Waals surface area contributed by atoms with Gasteiger partial charge in [0, 0.05) is 11.8 Å². The third-order valence-electron chi connectivity index (χ3n) is 4.83. The van der Waals surface area contributed by atoms with Crippen molar-refractivity contribution in [2.45, 2.75) is 6.92 Å². The lowest BCUT2D eigenvalue weighted by Crippen LogP contribution is -2.21. The van der Waals surface area contributed by atoms with Crippen molar-refractivity contribution in [2.24, 2.45) is 5.10 Å². The fraction of sp³-hybridized carbons (Fsp3) is 0.0909. The SMILES string of the molecule is COc1cc(/C=C2\C(=O)N(c3ccc4ccccc4c3)N=C2C)cc([N+](=O)[O-])c1[O-]. The Hall–Kier alpha value is -4.20. The van der Waals surface area contributed by atoms with Gasteiger partial charge in [-0.3, -0.25) is 14.9 Å². The standard InChI is InChI=1S/C22H17N3O5/c1-13-18(9-14-10-19(25(28)29)21(26)20(11-14)30-2)22(27)24(23-13)17-8-7-15-5-3-4-6-16(15)12-17/h3-12,26H,1-2H3/p-1/b18-9-. The van der Waals surface area contributed by atoms with Gasteiger partial charge in [-0.25, -0.2) is 0 Å². The fourth-order valence-corrected chi connectivity index (χ4v) is 3.31. The predicted octanol–water partition coefficient (Wildman–Crippen LogP) is 3.64. The molecule has 8 heteroatoms. The van der Waals surface area contributed by atoms with Gasteiger partial charge in [-0.15, -0.1) is 0 Å². The molecular weight excluding hydrogens is 386 g/mol. The molecule has 1 aliphatic heterocycles. The van der Waals surface area contributed by atoms with Gasteiger partial charge in [-0.1, -0.05) is 30.3 Å². The van der Waals surface area contributed by atoms with Crippen LogP contribution >= 0.6 is 0 Å². The van der Waals surface area contributed by atoms with E-state index in [0.717, 1.165) is 16.8 Å². The molecular formula is C22H16N3O5-. The van der Waals surface area contributed by atoms with Crippen molar-refractivity contribution in [1.82, 2.24) is 0 Å². The van der Waals surface area contributed by atoms with Crippen LogP contribution in [0.4, 0.5) is 11.4 Å². The highest BCUT2D eigenvalue weighted by Crippen LogP contribution is 2.36. The number of carbonyl (C=O) groups is 1. The van der Waals surface area contributed by atoms with Gasteiger partial charge in [0.1, 0.15) is 5.75 Å². The first-order valence-electron chi connectivity index (χ1n) is 9.03. The maximum Gasteiger partial charge on any atom is 0.280 e. The number of nitrogens with zero attached hydrogens (tertiary/aromatic N) is 3. The zero-order chi connectivity index (χ0) is 21.4. The number of carbonyl (C=O) groups excluding carboxylic acids is 1. The van der Waals surface area contributed by atoms with Crippen molar-refractivity contribution in [1.29, 1.82) is 0 Å². The second kappa shape index (κ2) is 7.32. The first kappa shape index (κ1) is 19.1. The first-order valence-corrected chi connectivity index (χ1v) is 9.03. The molecule has 3 aromatic carbocycles. The minimum Gasteiger partial charge on any atom is -0.865 e. The van der Waals surface area contributed by atoms with E-state index in [1.54, 1.807) is 13.0 Å². The van der Waals surface area contributed by atoms with Gasteiger partial charge in [0.2, 0.25) is 0 Å². The Morgan fingerprint density at radius 3 is 2.53 bits per heavy atom. The summed E-state index contributed by atoms with van der Waals surface area (Å²) in [6.45, 7) is 1.68. The number of hydrazone groups is 1. The summed E-state index contributed by atoms with van der Waals surface area (Å²) in [5.41, 5.74) is 1.03. The molecule has 0 saturated heterocycles. The van der Waals surface area contributed by atoms with Crippen molar-refractivity contribution in [3.8, 4) is 11.5 Å². The summed E-state index contributed by atoms with van der Waals surface area (Å²) in [6.07, 6.45) is 1.47. The molecule has 0 aromatic heterocycles. The molecule has 1 heterocycles. The Balaban J connectivity index is 1.74. The number of amides is 1. The molecule has 0 aliphatic carbocycles. The van der Waals surface area contributed by atoms with E-state index in [9.17, 15) is 20.0 Å².